The summed E-state index contributed by atoms with van der Waals surface area (Å²) in [7, 11) is 4.22. The number of nitrogens with one attached hydrogen (secondary N) is 1. The average Bonchev–Trinajstić information content (AvgIpc) is 2.29. The van der Waals surface area contributed by atoms with Gasteiger partial charge in [-0.1, -0.05) is 43.7 Å². The van der Waals surface area contributed by atoms with Crippen LogP contribution >= 0.6 is 0 Å². The minimum atomic E-state index is 0.506. The summed E-state index contributed by atoms with van der Waals surface area (Å²) in [5, 5.41) is 3.63. The molecule has 0 aliphatic rings. The molecule has 0 heterocycles. The lowest BCUT2D eigenvalue weighted by atomic mass is 10.0. The number of hydrogen-bond acceptors (Lipinski definition) is 2. The van der Waals surface area contributed by atoms with Gasteiger partial charge in [0.15, 0.2) is 0 Å². The predicted molar refractivity (Wildman–Crippen MR) is 70.6 cm³/mol. The van der Waals surface area contributed by atoms with E-state index in [0.29, 0.717) is 6.04 Å². The Balaban J connectivity index is 2.48. The van der Waals surface area contributed by atoms with Crippen molar-refractivity contribution in [1.29, 1.82) is 0 Å². The summed E-state index contributed by atoms with van der Waals surface area (Å²) in [6, 6.07) is 11.2. The second-order valence-corrected chi connectivity index (χ2v) is 4.51. The Kier molecular flexibility index (Phi) is 6.12. The third kappa shape index (κ3) is 4.77. The maximum Gasteiger partial charge on any atom is 0.0320 e. The van der Waals surface area contributed by atoms with E-state index in [1.54, 1.807) is 0 Å². The molecule has 0 spiro atoms. The van der Waals surface area contributed by atoms with Crippen molar-refractivity contribution in [2.24, 2.45) is 0 Å². The van der Waals surface area contributed by atoms with Gasteiger partial charge in [-0.15, -0.1) is 0 Å². The van der Waals surface area contributed by atoms with Gasteiger partial charge in [-0.25, -0.2) is 0 Å². The Labute approximate surface area is 99.7 Å². The number of hydrogen-bond donors (Lipinski definition) is 1. The molecule has 0 fully saturated rings. The highest BCUT2D eigenvalue weighted by Crippen LogP contribution is 2.17. The first kappa shape index (κ1) is 13.2. The van der Waals surface area contributed by atoms with Crippen molar-refractivity contribution in [3.05, 3.63) is 35.9 Å². The highest BCUT2D eigenvalue weighted by molar-refractivity contribution is 5.18. The van der Waals surface area contributed by atoms with Crippen LogP contribution in [0.3, 0.4) is 0 Å². The zero-order valence-electron chi connectivity index (χ0n) is 10.7. The van der Waals surface area contributed by atoms with Gasteiger partial charge in [-0.3, -0.25) is 0 Å². The number of rotatable bonds is 7. The van der Waals surface area contributed by atoms with Crippen LogP contribution < -0.4 is 5.32 Å². The molecule has 16 heavy (non-hydrogen) atoms. The summed E-state index contributed by atoms with van der Waals surface area (Å²) in [4.78, 5) is 2.21. The normalized spacial score (nSPS) is 13.0. The molecule has 1 N–H and O–H groups in total. The van der Waals surface area contributed by atoms with Crippen LogP contribution in [0.15, 0.2) is 30.3 Å². The lowest BCUT2D eigenvalue weighted by molar-refractivity contribution is 0.378. The Bertz CT molecular complexity index is 269. The third-order valence-electron chi connectivity index (χ3n) is 2.73. The minimum Gasteiger partial charge on any atom is -0.309 e. The maximum absolute atomic E-state index is 3.63. The highest BCUT2D eigenvalue weighted by Gasteiger charge is 2.08. The first-order valence-corrected chi connectivity index (χ1v) is 6.17. The van der Waals surface area contributed by atoms with Gasteiger partial charge in [0, 0.05) is 19.1 Å². The molecule has 0 radical (unpaired) electrons. The van der Waals surface area contributed by atoms with E-state index in [0.717, 1.165) is 13.1 Å². The number of likely N-dealkylation sites (N-methyl/N-ethyl adjacent to an activating group) is 1. The molecule has 1 aromatic rings. The van der Waals surface area contributed by atoms with Gasteiger partial charge in [-0.05, 0) is 26.1 Å². The SMILES string of the molecule is CCCC(NCCN(C)C)c1ccccc1. The maximum atomic E-state index is 3.63. The summed E-state index contributed by atoms with van der Waals surface area (Å²) in [5.41, 5.74) is 1.41. The lowest BCUT2D eigenvalue weighted by Crippen LogP contribution is -2.29. The van der Waals surface area contributed by atoms with E-state index in [2.05, 4.69) is 61.6 Å². The van der Waals surface area contributed by atoms with Crippen LogP contribution in [0.25, 0.3) is 0 Å². The zero-order valence-corrected chi connectivity index (χ0v) is 10.7. The molecular weight excluding hydrogens is 196 g/mol. The van der Waals surface area contributed by atoms with Gasteiger partial charge in [-0.2, -0.15) is 0 Å². The summed E-state index contributed by atoms with van der Waals surface area (Å²) in [6.45, 7) is 4.38. The molecule has 0 bridgehead atoms. The fraction of sp³-hybridized carbons (Fsp3) is 0.571. The third-order valence-corrected chi connectivity index (χ3v) is 2.73. The van der Waals surface area contributed by atoms with Gasteiger partial charge >= 0.3 is 0 Å². The Hall–Kier alpha value is -0.860. The van der Waals surface area contributed by atoms with Crippen LogP contribution in [-0.4, -0.2) is 32.1 Å². The van der Waals surface area contributed by atoms with E-state index in [1.165, 1.54) is 18.4 Å². The smallest absolute Gasteiger partial charge is 0.0320 e. The second kappa shape index (κ2) is 7.42. The largest absolute Gasteiger partial charge is 0.309 e. The first-order valence-electron chi connectivity index (χ1n) is 6.17. The van der Waals surface area contributed by atoms with Crippen molar-refractivity contribution in [1.82, 2.24) is 10.2 Å². The zero-order chi connectivity index (χ0) is 11.8. The second-order valence-electron chi connectivity index (χ2n) is 4.51. The van der Waals surface area contributed by atoms with E-state index in [4.69, 9.17) is 0 Å². The molecule has 1 rings (SSSR count). The topological polar surface area (TPSA) is 15.3 Å². The van der Waals surface area contributed by atoms with Crippen molar-refractivity contribution in [3.63, 3.8) is 0 Å². The summed E-state index contributed by atoms with van der Waals surface area (Å²) < 4.78 is 0. The van der Waals surface area contributed by atoms with Gasteiger partial charge < -0.3 is 10.2 Å². The van der Waals surface area contributed by atoms with Crippen LogP contribution in [0.5, 0.6) is 0 Å². The molecule has 1 aromatic carbocycles. The Morgan fingerprint density at radius 3 is 2.44 bits per heavy atom. The van der Waals surface area contributed by atoms with Gasteiger partial charge in [0.1, 0.15) is 0 Å². The molecule has 0 amide bonds. The van der Waals surface area contributed by atoms with Crippen molar-refractivity contribution in [2.45, 2.75) is 25.8 Å². The quantitative estimate of drug-likeness (QED) is 0.760. The molecule has 2 nitrogen and oxygen atoms in total. The van der Waals surface area contributed by atoms with E-state index in [9.17, 15) is 0 Å². The fourth-order valence-electron chi connectivity index (χ4n) is 1.82. The van der Waals surface area contributed by atoms with E-state index in [1.807, 2.05) is 0 Å². The van der Waals surface area contributed by atoms with Crippen LogP contribution in [0.4, 0.5) is 0 Å². The van der Waals surface area contributed by atoms with Gasteiger partial charge in [0.05, 0.1) is 0 Å². The number of nitrogens with zero attached hydrogens (tertiary/aromatic N) is 1. The standard InChI is InChI=1S/C14H24N2/c1-4-8-14(15-11-12-16(2)3)13-9-6-5-7-10-13/h5-7,9-10,14-15H,4,8,11-12H2,1-3H3. The van der Waals surface area contributed by atoms with Crippen LogP contribution in [0.1, 0.15) is 31.4 Å². The summed E-state index contributed by atoms with van der Waals surface area (Å²) in [5.74, 6) is 0. The molecule has 0 saturated heterocycles. The predicted octanol–water partition coefficient (Wildman–Crippen LogP) is 2.68. The van der Waals surface area contributed by atoms with Crippen molar-refractivity contribution in [3.8, 4) is 0 Å². The molecule has 0 aliphatic carbocycles. The number of benzene rings is 1. The molecule has 0 aromatic heterocycles. The van der Waals surface area contributed by atoms with Crippen molar-refractivity contribution in [2.75, 3.05) is 27.2 Å². The molecular formula is C14H24N2. The van der Waals surface area contributed by atoms with E-state index >= 15 is 0 Å². The first-order chi connectivity index (χ1) is 7.74. The van der Waals surface area contributed by atoms with E-state index < -0.39 is 0 Å². The Morgan fingerprint density at radius 1 is 1.19 bits per heavy atom. The summed E-state index contributed by atoms with van der Waals surface area (Å²) >= 11 is 0. The van der Waals surface area contributed by atoms with Crippen LogP contribution in [-0.2, 0) is 0 Å². The molecule has 1 atom stereocenters. The molecule has 0 saturated carbocycles. The fourth-order valence-corrected chi connectivity index (χ4v) is 1.82. The average molecular weight is 220 g/mol. The van der Waals surface area contributed by atoms with Gasteiger partial charge in [0.2, 0.25) is 0 Å². The molecule has 90 valence electrons. The monoisotopic (exact) mass is 220 g/mol. The van der Waals surface area contributed by atoms with Crippen molar-refractivity contribution < 1.29 is 0 Å². The van der Waals surface area contributed by atoms with Crippen LogP contribution in [0, 0.1) is 0 Å². The minimum absolute atomic E-state index is 0.506. The lowest BCUT2D eigenvalue weighted by Gasteiger charge is -2.20. The van der Waals surface area contributed by atoms with Crippen molar-refractivity contribution >= 4 is 0 Å². The summed E-state index contributed by atoms with van der Waals surface area (Å²) in [6.07, 6.45) is 2.42. The molecule has 0 aliphatic heterocycles. The Morgan fingerprint density at radius 2 is 1.88 bits per heavy atom. The van der Waals surface area contributed by atoms with Crippen LogP contribution in [0.2, 0.25) is 0 Å². The van der Waals surface area contributed by atoms with E-state index in [-0.39, 0.29) is 0 Å². The van der Waals surface area contributed by atoms with Gasteiger partial charge in [0.25, 0.3) is 0 Å². The molecule has 1 unspecified atom stereocenters. The molecule has 2 heteroatoms. The highest BCUT2D eigenvalue weighted by atomic mass is 15.1.